The van der Waals surface area contributed by atoms with Crippen molar-refractivity contribution in [2.24, 2.45) is 0 Å². The second kappa shape index (κ2) is 15.6. The van der Waals surface area contributed by atoms with Crippen LogP contribution in [0.3, 0.4) is 0 Å². The Kier molecular flexibility index (Phi) is 11.4. The molecule has 5 nitrogen and oxygen atoms in total. The molecule has 1 amide bonds. The van der Waals surface area contributed by atoms with Gasteiger partial charge >= 0.3 is 0 Å². The summed E-state index contributed by atoms with van der Waals surface area (Å²) in [5.74, 6) is 0.239. The van der Waals surface area contributed by atoms with Gasteiger partial charge in [-0.1, -0.05) is 112 Å². The predicted octanol–water partition coefficient (Wildman–Crippen LogP) is 7.88. The van der Waals surface area contributed by atoms with Crippen LogP contribution in [0.15, 0.2) is 90.3 Å². The van der Waals surface area contributed by atoms with Crippen molar-refractivity contribution < 1.29 is 4.79 Å². The van der Waals surface area contributed by atoms with Gasteiger partial charge < -0.3 is 10.2 Å². The molecule has 4 aromatic rings. The Morgan fingerprint density at radius 2 is 1.52 bits per heavy atom. The van der Waals surface area contributed by atoms with Gasteiger partial charge in [0.25, 0.3) is 5.91 Å². The molecule has 1 aromatic heterocycles. The number of hydrogen-bond acceptors (Lipinski definition) is 5. The molecule has 0 bridgehead atoms. The van der Waals surface area contributed by atoms with Crippen molar-refractivity contribution in [2.75, 3.05) is 32.7 Å². The lowest BCUT2D eigenvalue weighted by Crippen LogP contribution is -2.37. The van der Waals surface area contributed by atoms with E-state index in [-0.39, 0.29) is 11.3 Å². The molecular formula is C38H48N4OS. The fraction of sp³-hybridized carbons (Fsp3) is 0.421. The fourth-order valence-electron chi connectivity index (χ4n) is 6.07. The highest BCUT2D eigenvalue weighted by Crippen LogP contribution is 2.29. The summed E-state index contributed by atoms with van der Waals surface area (Å²) in [6.07, 6.45) is 4.84. The number of rotatable bonds is 13. The Bertz CT molecular complexity index is 1380. The van der Waals surface area contributed by atoms with Crippen LogP contribution in [0.2, 0.25) is 0 Å². The van der Waals surface area contributed by atoms with Crippen LogP contribution in [-0.4, -0.2) is 53.4 Å². The number of nitrogens with zero attached hydrogens (tertiary/aromatic N) is 3. The van der Waals surface area contributed by atoms with E-state index in [1.165, 1.54) is 41.5 Å². The van der Waals surface area contributed by atoms with E-state index in [1.807, 2.05) is 5.38 Å². The number of benzene rings is 3. The first-order valence-corrected chi connectivity index (χ1v) is 17.1. The highest BCUT2D eigenvalue weighted by atomic mass is 32.1. The number of likely N-dealkylation sites (tertiary alicyclic amines) is 1. The van der Waals surface area contributed by atoms with E-state index in [9.17, 15) is 4.79 Å². The van der Waals surface area contributed by atoms with Crippen molar-refractivity contribution in [3.63, 3.8) is 0 Å². The van der Waals surface area contributed by atoms with Crippen LogP contribution >= 0.6 is 11.3 Å². The number of hydrogen-bond donors (Lipinski definition) is 1. The fourth-order valence-corrected chi connectivity index (χ4v) is 6.89. The van der Waals surface area contributed by atoms with Gasteiger partial charge in [0.05, 0.1) is 6.54 Å². The second-order valence-corrected chi connectivity index (χ2v) is 14.0. The van der Waals surface area contributed by atoms with E-state index in [2.05, 4.69) is 121 Å². The van der Waals surface area contributed by atoms with Crippen LogP contribution in [0.25, 0.3) is 0 Å². The van der Waals surface area contributed by atoms with Crippen molar-refractivity contribution >= 4 is 17.2 Å². The lowest BCUT2D eigenvalue weighted by Gasteiger charge is -2.26. The number of aromatic nitrogens is 1. The first-order valence-electron chi connectivity index (χ1n) is 16.2. The quantitative estimate of drug-likeness (QED) is 0.168. The maximum atomic E-state index is 12.9. The van der Waals surface area contributed by atoms with E-state index >= 15 is 0 Å². The monoisotopic (exact) mass is 608 g/mol. The Labute approximate surface area is 268 Å². The molecule has 232 valence electrons. The van der Waals surface area contributed by atoms with Gasteiger partial charge in [0.2, 0.25) is 0 Å². The molecule has 1 N–H and O–H groups in total. The molecule has 1 aliphatic heterocycles. The molecule has 0 aliphatic carbocycles. The molecule has 0 atom stereocenters. The zero-order valence-electron chi connectivity index (χ0n) is 26.7. The third-order valence-corrected chi connectivity index (χ3v) is 9.50. The van der Waals surface area contributed by atoms with Gasteiger partial charge in [0, 0.05) is 30.9 Å². The molecule has 0 spiro atoms. The largest absolute Gasteiger partial charge is 0.349 e. The Morgan fingerprint density at radius 3 is 2.14 bits per heavy atom. The van der Waals surface area contributed by atoms with Crippen molar-refractivity contribution in [1.29, 1.82) is 0 Å². The molecule has 2 heterocycles. The lowest BCUT2D eigenvalue weighted by molar-refractivity contribution is 0.0942. The molecule has 1 fully saturated rings. The highest BCUT2D eigenvalue weighted by molar-refractivity contribution is 7.09. The maximum absolute atomic E-state index is 12.9. The van der Waals surface area contributed by atoms with Gasteiger partial charge in [0.15, 0.2) is 0 Å². The number of piperidine rings is 1. The predicted molar refractivity (Wildman–Crippen MR) is 183 cm³/mol. The summed E-state index contributed by atoms with van der Waals surface area (Å²) in [6.45, 7) is 13.1. The summed E-state index contributed by atoms with van der Waals surface area (Å²) in [5, 5.41) is 5.99. The van der Waals surface area contributed by atoms with Crippen molar-refractivity contribution in [2.45, 2.75) is 70.9 Å². The minimum Gasteiger partial charge on any atom is -0.349 e. The molecular weight excluding hydrogens is 561 g/mol. The van der Waals surface area contributed by atoms with Crippen LogP contribution in [0.5, 0.6) is 0 Å². The molecule has 1 aliphatic rings. The van der Waals surface area contributed by atoms with Crippen LogP contribution in [0.4, 0.5) is 0 Å². The molecule has 1 saturated heterocycles. The van der Waals surface area contributed by atoms with E-state index in [0.29, 0.717) is 24.7 Å². The van der Waals surface area contributed by atoms with Gasteiger partial charge in [-0.15, -0.1) is 11.3 Å². The maximum Gasteiger partial charge on any atom is 0.270 e. The van der Waals surface area contributed by atoms with Crippen LogP contribution in [0, 0.1) is 0 Å². The van der Waals surface area contributed by atoms with Crippen LogP contribution in [-0.2, 0) is 18.5 Å². The van der Waals surface area contributed by atoms with Gasteiger partial charge in [-0.05, 0) is 66.6 Å². The first-order chi connectivity index (χ1) is 21.3. The van der Waals surface area contributed by atoms with Crippen LogP contribution in [0.1, 0.15) is 90.1 Å². The van der Waals surface area contributed by atoms with E-state index in [1.54, 1.807) is 11.3 Å². The first kappa shape index (κ1) is 32.1. The summed E-state index contributed by atoms with van der Waals surface area (Å²) in [5.41, 5.74) is 5.97. The standard InChI is InChI=1S/C38H48N4OS/c1-38(2,3)33-19-17-30(18-20-33)27-42(25-21-34(31-13-7-4-8-14-31)32-15-9-5-10-16-32)28-36-40-35(29-44-36)37(43)39-22-26-41-23-11-6-12-24-41/h4-5,7-10,13-20,29,34H,6,11-12,21-28H2,1-3H3,(H,39,43). The van der Waals surface area contributed by atoms with E-state index in [0.717, 1.165) is 44.2 Å². The van der Waals surface area contributed by atoms with E-state index < -0.39 is 0 Å². The summed E-state index contributed by atoms with van der Waals surface area (Å²) in [4.78, 5) is 22.6. The summed E-state index contributed by atoms with van der Waals surface area (Å²) in [6, 6.07) is 30.7. The van der Waals surface area contributed by atoms with Gasteiger partial charge in [0.1, 0.15) is 10.7 Å². The molecule has 3 aromatic carbocycles. The average Bonchev–Trinajstić information content (AvgIpc) is 3.51. The van der Waals surface area contributed by atoms with E-state index in [4.69, 9.17) is 4.98 Å². The summed E-state index contributed by atoms with van der Waals surface area (Å²) in [7, 11) is 0. The minimum atomic E-state index is -0.0675. The smallest absolute Gasteiger partial charge is 0.270 e. The Balaban J connectivity index is 1.28. The normalized spacial score (nSPS) is 14.3. The zero-order valence-corrected chi connectivity index (χ0v) is 27.5. The molecule has 5 rings (SSSR count). The third kappa shape index (κ3) is 9.34. The van der Waals surface area contributed by atoms with Gasteiger partial charge in [-0.3, -0.25) is 9.69 Å². The SMILES string of the molecule is CC(C)(C)c1ccc(CN(CCC(c2ccccc2)c2ccccc2)Cc2nc(C(=O)NCCN3CCCCC3)cs2)cc1. The summed E-state index contributed by atoms with van der Waals surface area (Å²) < 4.78 is 0. The van der Waals surface area contributed by atoms with Crippen molar-refractivity contribution in [3.8, 4) is 0 Å². The van der Waals surface area contributed by atoms with Gasteiger partial charge in [-0.25, -0.2) is 4.98 Å². The molecule has 44 heavy (non-hydrogen) atoms. The highest BCUT2D eigenvalue weighted by Gasteiger charge is 2.19. The topological polar surface area (TPSA) is 48.5 Å². The number of carbonyl (C=O) groups excluding carboxylic acids is 1. The molecule has 0 saturated carbocycles. The lowest BCUT2D eigenvalue weighted by atomic mass is 9.86. The number of carbonyl (C=O) groups is 1. The molecule has 6 heteroatoms. The van der Waals surface area contributed by atoms with Gasteiger partial charge in [-0.2, -0.15) is 0 Å². The second-order valence-electron chi connectivity index (χ2n) is 13.1. The molecule has 0 unspecified atom stereocenters. The Morgan fingerprint density at radius 1 is 0.886 bits per heavy atom. The Hall–Kier alpha value is -3.32. The minimum absolute atomic E-state index is 0.0675. The van der Waals surface area contributed by atoms with Crippen molar-refractivity contribution in [1.82, 2.24) is 20.1 Å². The number of thiazole rings is 1. The summed E-state index contributed by atoms with van der Waals surface area (Å²) >= 11 is 1.59. The molecule has 0 radical (unpaired) electrons. The number of nitrogens with one attached hydrogen (secondary N) is 1. The third-order valence-electron chi connectivity index (χ3n) is 8.67. The zero-order chi connectivity index (χ0) is 30.8. The van der Waals surface area contributed by atoms with Crippen LogP contribution < -0.4 is 5.32 Å². The average molecular weight is 609 g/mol. The van der Waals surface area contributed by atoms with Crippen molar-refractivity contribution in [3.05, 3.63) is 123 Å². The number of amides is 1.